The van der Waals surface area contributed by atoms with Crippen molar-refractivity contribution >= 4 is 16.8 Å². The highest BCUT2D eigenvalue weighted by molar-refractivity contribution is 5.97. The Balaban J connectivity index is 1.58. The van der Waals surface area contributed by atoms with Gasteiger partial charge in [0.05, 0.1) is 29.1 Å². The average Bonchev–Trinajstić information content (AvgIpc) is 3.50. The van der Waals surface area contributed by atoms with Crippen molar-refractivity contribution < 1.29 is 18.3 Å². The van der Waals surface area contributed by atoms with E-state index in [2.05, 4.69) is 14.6 Å². The van der Waals surface area contributed by atoms with Gasteiger partial charge in [-0.25, -0.2) is 13.8 Å². The summed E-state index contributed by atoms with van der Waals surface area (Å²) in [5.74, 6) is 1.07. The first-order valence-corrected chi connectivity index (χ1v) is 12.5. The van der Waals surface area contributed by atoms with Gasteiger partial charge in [-0.3, -0.25) is 14.5 Å². The zero-order valence-corrected chi connectivity index (χ0v) is 21.0. The maximum Gasteiger partial charge on any atom is 0.264 e. The predicted molar refractivity (Wildman–Crippen MR) is 134 cm³/mol. The lowest BCUT2D eigenvalue weighted by Crippen LogP contribution is -2.40. The molecule has 5 heterocycles. The number of pyridine rings is 1. The number of benzene rings is 1. The minimum absolute atomic E-state index is 0.0318. The van der Waals surface area contributed by atoms with Gasteiger partial charge >= 0.3 is 0 Å². The molecular weight excluding hydrogens is 478 g/mol. The number of rotatable bonds is 4. The number of ether oxygens (including phenoxy) is 1. The quantitative estimate of drug-likeness (QED) is 0.395. The second-order valence-electron chi connectivity index (χ2n) is 9.88. The number of halogens is 2. The third-order valence-electron chi connectivity index (χ3n) is 7.52. The molecule has 192 valence electrons. The van der Waals surface area contributed by atoms with Crippen LogP contribution in [0.2, 0.25) is 0 Å². The second-order valence-corrected chi connectivity index (χ2v) is 9.88. The van der Waals surface area contributed by atoms with Crippen molar-refractivity contribution in [2.45, 2.75) is 44.7 Å². The summed E-state index contributed by atoms with van der Waals surface area (Å²) in [6.45, 7) is 3.59. The standard InChI is InChI=1S/C27H28F2N6O2/c1-15-27(36)33(2)14-23-24(31-26(35(15)23)16-6-10-37-11-7-16)17-4-8-30-22-13-19(21-5-9-34(3)32-21)20(25(28)29)12-18(17)22/h4-5,8-9,12-13,15-16,25H,6-7,10-11,14H2,1-3H3. The normalized spacial score (nSPS) is 18.7. The van der Waals surface area contributed by atoms with Crippen LogP contribution in [0.4, 0.5) is 8.78 Å². The van der Waals surface area contributed by atoms with Crippen LogP contribution < -0.4 is 0 Å². The number of aromatic nitrogens is 5. The highest BCUT2D eigenvalue weighted by atomic mass is 19.3. The molecule has 2 aliphatic rings. The number of amides is 1. The Morgan fingerprint density at radius 3 is 2.59 bits per heavy atom. The van der Waals surface area contributed by atoms with E-state index in [0.717, 1.165) is 29.9 Å². The van der Waals surface area contributed by atoms with Crippen molar-refractivity contribution in [1.82, 2.24) is 29.2 Å². The van der Waals surface area contributed by atoms with E-state index in [9.17, 15) is 13.6 Å². The molecule has 1 atom stereocenters. The summed E-state index contributed by atoms with van der Waals surface area (Å²) in [5.41, 5.74) is 3.69. The van der Waals surface area contributed by atoms with Crippen LogP contribution >= 0.6 is 0 Å². The molecule has 6 rings (SSSR count). The number of imidazole rings is 1. The largest absolute Gasteiger partial charge is 0.381 e. The van der Waals surface area contributed by atoms with Crippen molar-refractivity contribution in [2.24, 2.45) is 7.05 Å². The maximum absolute atomic E-state index is 14.3. The number of hydrogen-bond acceptors (Lipinski definition) is 5. The third-order valence-corrected chi connectivity index (χ3v) is 7.52. The van der Waals surface area contributed by atoms with Crippen LogP contribution in [-0.2, 0) is 23.1 Å². The minimum Gasteiger partial charge on any atom is -0.381 e. The molecule has 0 bridgehead atoms. The fourth-order valence-electron chi connectivity index (χ4n) is 5.64. The average molecular weight is 507 g/mol. The Morgan fingerprint density at radius 1 is 1.11 bits per heavy atom. The molecule has 8 nitrogen and oxygen atoms in total. The topological polar surface area (TPSA) is 78.1 Å². The lowest BCUT2D eigenvalue weighted by Gasteiger charge is -2.32. The SMILES string of the molecule is CC1C(=O)N(C)Cc2c(-c3ccnc4cc(-c5ccn(C)n5)c(C(F)F)cc34)nc(C3CCOCC3)n21. The van der Waals surface area contributed by atoms with Gasteiger partial charge in [0.25, 0.3) is 6.43 Å². The second kappa shape index (κ2) is 9.02. The van der Waals surface area contributed by atoms with E-state index in [1.165, 1.54) is 6.07 Å². The number of alkyl halides is 2. The maximum atomic E-state index is 14.3. The molecule has 1 unspecified atom stereocenters. The number of fused-ring (bicyclic) bond motifs is 2. The molecule has 3 aromatic heterocycles. The van der Waals surface area contributed by atoms with E-state index in [1.54, 1.807) is 48.2 Å². The molecule has 0 N–H and O–H groups in total. The summed E-state index contributed by atoms with van der Waals surface area (Å²) in [6, 6.07) is 6.36. The van der Waals surface area contributed by atoms with E-state index in [-0.39, 0.29) is 17.4 Å². The molecular formula is C27H28F2N6O2. The van der Waals surface area contributed by atoms with Crippen LogP contribution in [0.25, 0.3) is 33.4 Å². The molecule has 37 heavy (non-hydrogen) atoms. The molecule has 0 aliphatic carbocycles. The first-order chi connectivity index (χ1) is 17.8. The first kappa shape index (κ1) is 23.7. The molecule has 1 fully saturated rings. The van der Waals surface area contributed by atoms with E-state index in [0.29, 0.717) is 47.6 Å². The molecule has 4 aromatic rings. The summed E-state index contributed by atoms with van der Waals surface area (Å²) in [6.07, 6.45) is 2.38. The Kier molecular flexibility index (Phi) is 5.78. The Bertz CT molecular complexity index is 1500. The lowest BCUT2D eigenvalue weighted by molar-refractivity contribution is -0.135. The van der Waals surface area contributed by atoms with Crippen molar-refractivity contribution in [1.29, 1.82) is 0 Å². The first-order valence-electron chi connectivity index (χ1n) is 12.5. The highest BCUT2D eigenvalue weighted by Crippen LogP contribution is 2.41. The van der Waals surface area contributed by atoms with Crippen LogP contribution in [0, 0.1) is 0 Å². The van der Waals surface area contributed by atoms with Gasteiger partial charge in [-0.2, -0.15) is 5.10 Å². The number of likely N-dealkylation sites (N-methyl/N-ethyl adjacent to an activating group) is 1. The van der Waals surface area contributed by atoms with Crippen molar-refractivity contribution in [3.8, 4) is 22.5 Å². The Hall–Kier alpha value is -3.66. The van der Waals surface area contributed by atoms with Gasteiger partial charge in [0.2, 0.25) is 5.91 Å². The van der Waals surface area contributed by atoms with Crippen LogP contribution in [0.5, 0.6) is 0 Å². The summed E-state index contributed by atoms with van der Waals surface area (Å²) < 4.78 is 37.9. The van der Waals surface area contributed by atoms with Gasteiger partial charge in [0, 0.05) is 67.7 Å². The molecule has 1 aromatic carbocycles. The Morgan fingerprint density at radius 2 is 1.89 bits per heavy atom. The van der Waals surface area contributed by atoms with E-state index < -0.39 is 12.5 Å². The molecule has 0 radical (unpaired) electrons. The number of carbonyl (C=O) groups is 1. The van der Waals surface area contributed by atoms with E-state index in [1.807, 2.05) is 13.0 Å². The van der Waals surface area contributed by atoms with Crippen LogP contribution in [0.1, 0.15) is 55.2 Å². The van der Waals surface area contributed by atoms with E-state index in [4.69, 9.17) is 9.72 Å². The lowest BCUT2D eigenvalue weighted by atomic mass is 9.97. The van der Waals surface area contributed by atoms with Crippen LogP contribution in [-0.4, -0.2) is 55.4 Å². The monoisotopic (exact) mass is 506 g/mol. The number of carbonyl (C=O) groups excluding carboxylic acids is 1. The van der Waals surface area contributed by atoms with Gasteiger partial charge in [0.15, 0.2) is 0 Å². The van der Waals surface area contributed by atoms with Gasteiger partial charge in [0.1, 0.15) is 11.9 Å². The number of aryl methyl sites for hydroxylation is 1. The Labute approximate surface area is 212 Å². The summed E-state index contributed by atoms with van der Waals surface area (Å²) in [7, 11) is 3.54. The van der Waals surface area contributed by atoms with Crippen molar-refractivity contribution in [3.63, 3.8) is 0 Å². The zero-order valence-electron chi connectivity index (χ0n) is 21.0. The van der Waals surface area contributed by atoms with Gasteiger partial charge in [-0.05, 0) is 44.0 Å². The minimum atomic E-state index is -2.69. The van der Waals surface area contributed by atoms with Gasteiger partial charge < -0.3 is 14.2 Å². The molecule has 1 saturated heterocycles. The fourth-order valence-corrected chi connectivity index (χ4v) is 5.64. The zero-order chi connectivity index (χ0) is 25.8. The molecule has 0 saturated carbocycles. The van der Waals surface area contributed by atoms with Crippen LogP contribution in [0.3, 0.4) is 0 Å². The van der Waals surface area contributed by atoms with Gasteiger partial charge in [-0.1, -0.05) is 0 Å². The van der Waals surface area contributed by atoms with Crippen molar-refractivity contribution in [2.75, 3.05) is 20.3 Å². The summed E-state index contributed by atoms with van der Waals surface area (Å²) in [4.78, 5) is 24.3. The molecule has 10 heteroatoms. The number of hydrogen-bond donors (Lipinski definition) is 0. The summed E-state index contributed by atoms with van der Waals surface area (Å²) in [5, 5.41) is 4.94. The van der Waals surface area contributed by atoms with Crippen LogP contribution in [0.15, 0.2) is 36.7 Å². The van der Waals surface area contributed by atoms with Crippen molar-refractivity contribution in [3.05, 3.63) is 53.7 Å². The predicted octanol–water partition coefficient (Wildman–Crippen LogP) is 4.86. The van der Waals surface area contributed by atoms with Gasteiger partial charge in [-0.15, -0.1) is 0 Å². The summed E-state index contributed by atoms with van der Waals surface area (Å²) >= 11 is 0. The number of nitrogens with zero attached hydrogens (tertiary/aromatic N) is 6. The highest BCUT2D eigenvalue weighted by Gasteiger charge is 2.36. The smallest absolute Gasteiger partial charge is 0.264 e. The molecule has 0 spiro atoms. The third kappa shape index (κ3) is 3.90. The fraction of sp³-hybridized carbons (Fsp3) is 0.407. The van der Waals surface area contributed by atoms with E-state index >= 15 is 0 Å². The molecule has 2 aliphatic heterocycles. The molecule has 1 amide bonds.